The molecule has 0 spiro atoms. The van der Waals surface area contributed by atoms with Gasteiger partial charge in [-0.1, -0.05) is 17.7 Å². The van der Waals surface area contributed by atoms with Gasteiger partial charge in [-0.25, -0.2) is 0 Å². The summed E-state index contributed by atoms with van der Waals surface area (Å²) in [6, 6.07) is 12.7. The largest absolute Gasteiger partial charge is 0.398 e. The maximum absolute atomic E-state index is 12.0. The molecule has 0 unspecified atom stereocenters. The van der Waals surface area contributed by atoms with Crippen LogP contribution in [-0.4, -0.2) is 5.91 Å². The quantitative estimate of drug-likeness (QED) is 0.833. The smallest absolute Gasteiger partial charge is 0.255 e. The van der Waals surface area contributed by atoms with E-state index in [4.69, 9.17) is 5.73 Å². The number of aryl methyl sites for hydroxylation is 1. The van der Waals surface area contributed by atoms with Crippen molar-refractivity contribution in [2.24, 2.45) is 0 Å². The van der Waals surface area contributed by atoms with Gasteiger partial charge in [-0.05, 0) is 53.2 Å². The highest BCUT2D eigenvalue weighted by Crippen LogP contribution is 2.23. The summed E-state index contributed by atoms with van der Waals surface area (Å²) in [6.45, 7) is 1.98. The number of rotatable bonds is 2. The Hall–Kier alpha value is -1.81. The first-order valence-corrected chi connectivity index (χ1v) is 6.28. The number of nitrogens with two attached hydrogens (primary N) is 1. The number of benzene rings is 2. The Morgan fingerprint density at radius 2 is 1.83 bits per heavy atom. The highest BCUT2D eigenvalue weighted by atomic mass is 79.9. The van der Waals surface area contributed by atoms with Crippen molar-refractivity contribution < 1.29 is 4.79 Å². The number of carbonyl (C=O) groups excluding carboxylic acids is 1. The number of carbonyl (C=O) groups is 1. The van der Waals surface area contributed by atoms with Crippen LogP contribution in [0.3, 0.4) is 0 Å². The van der Waals surface area contributed by atoms with Crippen LogP contribution in [-0.2, 0) is 0 Å². The van der Waals surface area contributed by atoms with Crippen molar-refractivity contribution in [3.8, 4) is 0 Å². The number of nitrogen functional groups attached to an aromatic ring is 1. The first-order chi connectivity index (χ1) is 8.56. The van der Waals surface area contributed by atoms with Crippen molar-refractivity contribution in [1.29, 1.82) is 0 Å². The minimum absolute atomic E-state index is 0.133. The molecule has 0 aliphatic carbocycles. The molecular formula is C14H13BrN2O. The predicted molar refractivity (Wildman–Crippen MR) is 77.7 cm³/mol. The summed E-state index contributed by atoms with van der Waals surface area (Å²) in [7, 11) is 0. The van der Waals surface area contributed by atoms with Gasteiger partial charge in [0, 0.05) is 21.4 Å². The number of halogens is 1. The second-order valence-corrected chi connectivity index (χ2v) is 4.91. The van der Waals surface area contributed by atoms with Gasteiger partial charge >= 0.3 is 0 Å². The number of hydrogen-bond donors (Lipinski definition) is 2. The van der Waals surface area contributed by atoms with Crippen molar-refractivity contribution in [1.82, 2.24) is 0 Å². The highest BCUT2D eigenvalue weighted by molar-refractivity contribution is 9.10. The third-order valence-corrected chi connectivity index (χ3v) is 3.26. The molecule has 0 saturated heterocycles. The zero-order valence-corrected chi connectivity index (χ0v) is 11.5. The molecule has 1 amide bonds. The zero-order chi connectivity index (χ0) is 13.1. The highest BCUT2D eigenvalue weighted by Gasteiger charge is 2.06. The maximum atomic E-state index is 12.0. The monoisotopic (exact) mass is 304 g/mol. The fraction of sp³-hybridized carbons (Fsp3) is 0.0714. The van der Waals surface area contributed by atoms with E-state index in [2.05, 4.69) is 21.2 Å². The van der Waals surface area contributed by atoms with Crippen molar-refractivity contribution in [2.75, 3.05) is 11.1 Å². The van der Waals surface area contributed by atoms with Crippen molar-refractivity contribution in [2.45, 2.75) is 6.92 Å². The van der Waals surface area contributed by atoms with Crippen LogP contribution in [0.1, 0.15) is 15.9 Å². The Bertz CT molecular complexity index is 579. The van der Waals surface area contributed by atoms with Crippen LogP contribution < -0.4 is 11.1 Å². The number of anilines is 2. The molecular weight excluding hydrogens is 292 g/mol. The van der Waals surface area contributed by atoms with E-state index in [1.807, 2.05) is 19.1 Å². The normalized spacial score (nSPS) is 10.1. The first-order valence-electron chi connectivity index (χ1n) is 5.49. The molecule has 0 heterocycles. The van der Waals surface area contributed by atoms with Crippen molar-refractivity contribution in [3.63, 3.8) is 0 Å². The van der Waals surface area contributed by atoms with Gasteiger partial charge in [-0.2, -0.15) is 0 Å². The van der Waals surface area contributed by atoms with Gasteiger partial charge in [0.15, 0.2) is 0 Å². The summed E-state index contributed by atoms with van der Waals surface area (Å²) in [5, 5.41) is 2.82. The molecule has 2 aromatic rings. The van der Waals surface area contributed by atoms with Gasteiger partial charge in [0.05, 0.1) is 0 Å². The van der Waals surface area contributed by atoms with Crippen LogP contribution >= 0.6 is 15.9 Å². The SMILES string of the molecule is Cc1ccc(C(=O)Nc2ccc(N)c(Br)c2)cc1. The van der Waals surface area contributed by atoms with Gasteiger partial charge in [0.1, 0.15) is 0 Å². The molecule has 18 heavy (non-hydrogen) atoms. The average Bonchev–Trinajstić information content (AvgIpc) is 2.34. The van der Waals surface area contributed by atoms with Gasteiger partial charge in [0.2, 0.25) is 0 Å². The van der Waals surface area contributed by atoms with Crippen LogP contribution in [0.15, 0.2) is 46.9 Å². The molecule has 0 bridgehead atoms. The topological polar surface area (TPSA) is 55.1 Å². The predicted octanol–water partition coefficient (Wildman–Crippen LogP) is 3.59. The molecule has 3 N–H and O–H groups in total. The van der Waals surface area contributed by atoms with Gasteiger partial charge in [0.25, 0.3) is 5.91 Å². The minimum atomic E-state index is -0.133. The second-order valence-electron chi connectivity index (χ2n) is 4.06. The average molecular weight is 305 g/mol. The van der Waals surface area contributed by atoms with E-state index in [1.54, 1.807) is 30.3 Å². The lowest BCUT2D eigenvalue weighted by Gasteiger charge is -2.07. The van der Waals surface area contributed by atoms with Gasteiger partial charge < -0.3 is 11.1 Å². The molecule has 0 saturated carbocycles. The van der Waals surface area contributed by atoms with Crippen molar-refractivity contribution >= 4 is 33.2 Å². The lowest BCUT2D eigenvalue weighted by molar-refractivity contribution is 0.102. The fourth-order valence-corrected chi connectivity index (χ4v) is 1.89. The summed E-state index contributed by atoms with van der Waals surface area (Å²) in [5.74, 6) is -0.133. The van der Waals surface area contributed by atoms with Gasteiger partial charge in [-0.3, -0.25) is 4.79 Å². The first kappa shape index (κ1) is 12.6. The summed E-state index contributed by atoms with van der Waals surface area (Å²) < 4.78 is 0.768. The number of amides is 1. The summed E-state index contributed by atoms with van der Waals surface area (Å²) >= 11 is 3.33. The summed E-state index contributed by atoms with van der Waals surface area (Å²) in [5.41, 5.74) is 8.80. The molecule has 0 aliphatic heterocycles. The van der Waals surface area contributed by atoms with Gasteiger partial charge in [-0.15, -0.1) is 0 Å². The Labute approximate surface area is 114 Å². The second kappa shape index (κ2) is 5.23. The Morgan fingerprint density at radius 1 is 1.17 bits per heavy atom. The lowest BCUT2D eigenvalue weighted by atomic mass is 10.1. The fourth-order valence-electron chi connectivity index (χ4n) is 1.51. The molecule has 0 aromatic heterocycles. The minimum Gasteiger partial charge on any atom is -0.398 e. The number of nitrogens with one attached hydrogen (secondary N) is 1. The van der Waals surface area contributed by atoms with Crippen LogP contribution in [0.25, 0.3) is 0 Å². The lowest BCUT2D eigenvalue weighted by Crippen LogP contribution is -2.11. The molecule has 0 atom stereocenters. The molecule has 0 fully saturated rings. The standard InChI is InChI=1S/C14H13BrN2O/c1-9-2-4-10(5-3-9)14(18)17-11-6-7-13(16)12(15)8-11/h2-8H,16H2,1H3,(H,17,18). The van der Waals surface area contributed by atoms with E-state index < -0.39 is 0 Å². The zero-order valence-electron chi connectivity index (χ0n) is 9.91. The van der Waals surface area contributed by atoms with E-state index in [0.717, 1.165) is 10.0 Å². The van der Waals surface area contributed by atoms with Crippen LogP contribution in [0.4, 0.5) is 11.4 Å². The Morgan fingerprint density at radius 3 is 2.44 bits per heavy atom. The molecule has 2 rings (SSSR count). The molecule has 3 nitrogen and oxygen atoms in total. The molecule has 2 aromatic carbocycles. The Balaban J connectivity index is 2.16. The molecule has 92 valence electrons. The van der Waals surface area contributed by atoms with Crippen LogP contribution in [0.2, 0.25) is 0 Å². The molecule has 4 heteroatoms. The van der Waals surface area contributed by atoms with Crippen LogP contribution in [0, 0.1) is 6.92 Å². The van der Waals surface area contributed by atoms with E-state index >= 15 is 0 Å². The third kappa shape index (κ3) is 2.90. The summed E-state index contributed by atoms with van der Waals surface area (Å²) in [6.07, 6.45) is 0. The van der Waals surface area contributed by atoms with E-state index in [1.165, 1.54) is 0 Å². The summed E-state index contributed by atoms with van der Waals surface area (Å²) in [4.78, 5) is 12.0. The van der Waals surface area contributed by atoms with E-state index in [0.29, 0.717) is 16.9 Å². The third-order valence-electron chi connectivity index (χ3n) is 2.57. The molecule has 0 radical (unpaired) electrons. The van der Waals surface area contributed by atoms with E-state index in [9.17, 15) is 4.79 Å². The van der Waals surface area contributed by atoms with Crippen molar-refractivity contribution in [3.05, 3.63) is 58.1 Å². The molecule has 0 aliphatic rings. The van der Waals surface area contributed by atoms with Crippen LogP contribution in [0.5, 0.6) is 0 Å². The van der Waals surface area contributed by atoms with E-state index in [-0.39, 0.29) is 5.91 Å². The number of hydrogen-bond acceptors (Lipinski definition) is 2. The Kier molecular flexibility index (Phi) is 3.67. The maximum Gasteiger partial charge on any atom is 0.255 e.